The second kappa shape index (κ2) is 9.87. The number of aryl methyl sites for hydroxylation is 1. The summed E-state index contributed by atoms with van der Waals surface area (Å²) < 4.78 is 13.1. The minimum atomic E-state index is -1.91. The van der Waals surface area contributed by atoms with Gasteiger partial charge in [-0.15, -0.1) is 0 Å². The van der Waals surface area contributed by atoms with Crippen LogP contribution in [0.5, 0.6) is 0 Å². The predicted octanol–water partition coefficient (Wildman–Crippen LogP) is 4.43. The molecule has 10 heteroatoms. The van der Waals surface area contributed by atoms with Crippen molar-refractivity contribution in [2.75, 3.05) is 0 Å². The minimum absolute atomic E-state index is 0.0670. The molecule has 7 rings (SSSR count). The van der Waals surface area contributed by atoms with Crippen LogP contribution in [0.15, 0.2) is 16.9 Å². The highest BCUT2D eigenvalue weighted by Gasteiger charge is 2.46. The molecule has 1 amide bonds. The quantitative estimate of drug-likeness (QED) is 0.312. The third-order valence-electron chi connectivity index (χ3n) is 9.34. The van der Waals surface area contributed by atoms with Crippen LogP contribution in [-0.4, -0.2) is 38.2 Å². The maximum Gasteiger partial charge on any atom is 0.343 e. The number of benzene rings is 1. The zero-order valence-corrected chi connectivity index (χ0v) is 25.7. The number of esters is 1. The Morgan fingerprint density at radius 3 is 2.65 bits per heavy atom. The van der Waals surface area contributed by atoms with Gasteiger partial charge in [-0.2, -0.15) is 0 Å². The number of aromatic nitrogens is 2. The van der Waals surface area contributed by atoms with Crippen molar-refractivity contribution in [1.82, 2.24) is 14.9 Å². The Balaban J connectivity index is 1.38. The van der Waals surface area contributed by atoms with E-state index in [9.17, 15) is 19.5 Å². The van der Waals surface area contributed by atoms with Crippen LogP contribution in [-0.2, 0) is 57.2 Å². The summed E-state index contributed by atoms with van der Waals surface area (Å²) in [5.41, 5.74) is 3.68. The summed E-state index contributed by atoms with van der Waals surface area (Å²) in [5, 5.41) is 16.1. The van der Waals surface area contributed by atoms with Gasteiger partial charge in [-0.1, -0.05) is 18.5 Å². The van der Waals surface area contributed by atoms with Crippen LogP contribution in [0.4, 0.5) is 0 Å². The zero-order valence-electron chi connectivity index (χ0n) is 24.9. The number of rotatable bonds is 6. The minimum Gasteiger partial charge on any atom is -0.458 e. The fourth-order valence-corrected chi connectivity index (χ4v) is 7.34. The van der Waals surface area contributed by atoms with Gasteiger partial charge in [-0.25, -0.2) is 9.78 Å². The van der Waals surface area contributed by atoms with Crippen molar-refractivity contribution >= 4 is 34.4 Å². The van der Waals surface area contributed by atoms with Gasteiger partial charge in [0.1, 0.15) is 12.7 Å². The first-order chi connectivity index (χ1) is 20.4. The molecule has 1 unspecified atom stereocenters. The molecule has 2 atom stereocenters. The van der Waals surface area contributed by atoms with Gasteiger partial charge in [-0.05, 0) is 94.0 Å². The number of cyclic esters (lactones) is 1. The average molecular weight is 606 g/mol. The number of carbonyl (C=O) groups excluding carboxylic acids is 2. The summed E-state index contributed by atoms with van der Waals surface area (Å²) in [6, 6.07) is 3.59. The van der Waals surface area contributed by atoms with E-state index in [0.717, 1.165) is 59.7 Å². The monoisotopic (exact) mass is 605 g/mol. The van der Waals surface area contributed by atoms with Crippen molar-refractivity contribution in [3.05, 3.63) is 60.9 Å². The summed E-state index contributed by atoms with van der Waals surface area (Å²) >= 11 is 6.75. The standard InChI is InChI=1S/C33H36ClN3O6/c1-5-33(41)22-11-25-27-20(14-37(25)30(39)21(22)15-42-31(33)40)19(13-35-29(38)28(16-9-10-16)43-32(2,3)4)26-18-8-6-7-17(18)23(34)12-24(26)36-27/h11-12,16,28,41H,5-10,13-15H2,1-4H3,(H,35,38)/t28?,33-/m0/s1. The third-order valence-corrected chi connectivity index (χ3v) is 9.68. The van der Waals surface area contributed by atoms with Gasteiger partial charge in [0.2, 0.25) is 5.91 Å². The van der Waals surface area contributed by atoms with E-state index in [4.69, 9.17) is 26.1 Å². The van der Waals surface area contributed by atoms with Gasteiger partial charge in [0.25, 0.3) is 5.56 Å². The van der Waals surface area contributed by atoms with E-state index in [1.807, 2.05) is 26.8 Å². The largest absolute Gasteiger partial charge is 0.458 e. The van der Waals surface area contributed by atoms with Crippen LogP contribution in [0.2, 0.25) is 5.02 Å². The van der Waals surface area contributed by atoms with E-state index in [-0.39, 0.29) is 54.6 Å². The predicted molar refractivity (Wildman–Crippen MR) is 161 cm³/mol. The molecule has 0 spiro atoms. The molecule has 1 fully saturated rings. The Hall–Kier alpha value is -3.27. The lowest BCUT2D eigenvalue weighted by molar-refractivity contribution is -0.172. The molecule has 0 bridgehead atoms. The van der Waals surface area contributed by atoms with Gasteiger partial charge < -0.3 is 24.5 Å². The molecule has 2 aliphatic carbocycles. The number of pyridine rings is 2. The van der Waals surface area contributed by atoms with Crippen LogP contribution in [0.3, 0.4) is 0 Å². The maximum absolute atomic E-state index is 13.8. The molecule has 2 N–H and O–H groups in total. The molecule has 1 aromatic carbocycles. The van der Waals surface area contributed by atoms with Crippen molar-refractivity contribution < 1.29 is 24.2 Å². The normalized spacial score (nSPS) is 21.2. The van der Waals surface area contributed by atoms with Crippen LogP contribution < -0.4 is 10.9 Å². The topological polar surface area (TPSA) is 120 Å². The number of nitrogens with one attached hydrogen (secondary N) is 1. The Morgan fingerprint density at radius 1 is 1.21 bits per heavy atom. The van der Waals surface area contributed by atoms with Crippen molar-refractivity contribution in [3.63, 3.8) is 0 Å². The van der Waals surface area contributed by atoms with Crippen molar-refractivity contribution in [3.8, 4) is 11.4 Å². The summed E-state index contributed by atoms with van der Waals surface area (Å²) in [4.78, 5) is 45.1. The first-order valence-electron chi connectivity index (χ1n) is 15.2. The second-order valence-corrected chi connectivity index (χ2v) is 13.7. The van der Waals surface area contributed by atoms with Gasteiger partial charge in [0.05, 0.1) is 34.6 Å². The molecule has 2 aliphatic heterocycles. The van der Waals surface area contributed by atoms with E-state index < -0.39 is 23.3 Å². The third kappa shape index (κ3) is 4.50. The molecular weight excluding hydrogens is 570 g/mol. The molecule has 43 heavy (non-hydrogen) atoms. The Labute approximate surface area is 254 Å². The smallest absolute Gasteiger partial charge is 0.343 e. The Kier molecular flexibility index (Phi) is 6.54. The van der Waals surface area contributed by atoms with E-state index in [0.29, 0.717) is 21.9 Å². The lowest BCUT2D eigenvalue weighted by Crippen LogP contribution is -2.44. The summed E-state index contributed by atoms with van der Waals surface area (Å²) in [6.45, 7) is 7.86. The number of aliphatic hydroxyl groups is 1. The highest BCUT2D eigenvalue weighted by atomic mass is 35.5. The average Bonchev–Trinajstić information content (AvgIpc) is 3.55. The Morgan fingerprint density at radius 2 is 1.95 bits per heavy atom. The van der Waals surface area contributed by atoms with Crippen LogP contribution in [0.25, 0.3) is 22.3 Å². The number of ether oxygens (including phenoxy) is 2. The molecule has 0 radical (unpaired) electrons. The summed E-state index contributed by atoms with van der Waals surface area (Å²) in [5.74, 6) is -0.697. The van der Waals surface area contributed by atoms with Crippen LogP contribution in [0, 0.1) is 5.92 Å². The fraction of sp³-hybridized carbons (Fsp3) is 0.515. The molecule has 9 nitrogen and oxygen atoms in total. The van der Waals surface area contributed by atoms with Crippen LogP contribution >= 0.6 is 11.6 Å². The number of halogens is 1. The molecule has 226 valence electrons. The molecule has 4 aliphatic rings. The highest BCUT2D eigenvalue weighted by molar-refractivity contribution is 6.32. The highest BCUT2D eigenvalue weighted by Crippen LogP contribution is 2.44. The van der Waals surface area contributed by atoms with Crippen LogP contribution in [0.1, 0.15) is 86.8 Å². The van der Waals surface area contributed by atoms with Gasteiger partial charge in [0.15, 0.2) is 5.60 Å². The maximum atomic E-state index is 13.8. The Bertz CT molecular complexity index is 1790. The zero-order chi connectivity index (χ0) is 30.4. The first-order valence-corrected chi connectivity index (χ1v) is 15.6. The van der Waals surface area contributed by atoms with Gasteiger partial charge >= 0.3 is 5.97 Å². The molecule has 4 heterocycles. The number of hydrogen-bond acceptors (Lipinski definition) is 7. The van der Waals surface area contributed by atoms with Crippen molar-refractivity contribution in [2.45, 2.75) is 103 Å². The SMILES string of the molecule is CC[C@@]1(O)C(=O)OCc2c1cc1n(c2=O)Cc2c-1nc1cc(Cl)c3c(c1c2CNC(=O)C(OC(C)(C)C)C1CC1)CCC3. The second-order valence-electron chi connectivity index (χ2n) is 13.3. The number of fused-ring (bicyclic) bond motifs is 7. The van der Waals surface area contributed by atoms with E-state index in [2.05, 4.69) is 5.32 Å². The first kappa shape index (κ1) is 28.5. The summed E-state index contributed by atoms with van der Waals surface area (Å²) in [6.07, 6.45) is 4.19. The van der Waals surface area contributed by atoms with E-state index in [1.165, 1.54) is 0 Å². The molecule has 3 aromatic rings. The van der Waals surface area contributed by atoms with Crippen molar-refractivity contribution in [2.24, 2.45) is 5.92 Å². The lowest BCUT2D eigenvalue weighted by atomic mass is 9.86. The van der Waals surface area contributed by atoms with E-state index >= 15 is 0 Å². The number of carbonyl (C=O) groups is 2. The molecule has 2 aromatic heterocycles. The molecular formula is C33H36ClN3O6. The lowest BCUT2D eigenvalue weighted by Gasteiger charge is -2.31. The number of hydrogen-bond donors (Lipinski definition) is 2. The van der Waals surface area contributed by atoms with Gasteiger partial charge in [0, 0.05) is 28.1 Å². The summed E-state index contributed by atoms with van der Waals surface area (Å²) in [7, 11) is 0. The number of amides is 1. The fourth-order valence-electron chi connectivity index (χ4n) is 7.03. The molecule has 0 saturated heterocycles. The van der Waals surface area contributed by atoms with Crippen molar-refractivity contribution in [1.29, 1.82) is 0 Å². The number of nitrogens with zero attached hydrogens (tertiary/aromatic N) is 2. The molecule has 1 saturated carbocycles. The van der Waals surface area contributed by atoms with Gasteiger partial charge in [-0.3, -0.25) is 9.59 Å². The van der Waals surface area contributed by atoms with E-state index in [1.54, 1.807) is 17.6 Å².